The summed E-state index contributed by atoms with van der Waals surface area (Å²) in [5, 5.41) is 3.00. The molecule has 1 fully saturated rings. The first kappa shape index (κ1) is 20.4. The van der Waals surface area contributed by atoms with E-state index in [4.69, 9.17) is 4.74 Å². The van der Waals surface area contributed by atoms with Crippen LogP contribution in [0.2, 0.25) is 0 Å². The highest BCUT2D eigenvalue weighted by atomic mass is 16.5. The van der Waals surface area contributed by atoms with Crippen molar-refractivity contribution in [2.24, 2.45) is 0 Å². The number of likely N-dealkylation sites (N-methyl/N-ethyl adjacent to an activating group) is 1. The Bertz CT molecular complexity index is 798. The van der Waals surface area contributed by atoms with Crippen LogP contribution in [0, 0.1) is 13.8 Å². The van der Waals surface area contributed by atoms with Crippen LogP contribution in [0.25, 0.3) is 0 Å². The lowest BCUT2D eigenvalue weighted by Crippen LogP contribution is -2.44. The number of amides is 1. The Morgan fingerprint density at radius 2 is 1.71 bits per heavy atom. The zero-order valence-electron chi connectivity index (χ0n) is 17.2. The van der Waals surface area contributed by atoms with Crippen LogP contribution in [-0.2, 0) is 17.9 Å². The minimum Gasteiger partial charge on any atom is -0.483 e. The van der Waals surface area contributed by atoms with Crippen LogP contribution in [-0.4, -0.2) is 55.5 Å². The third kappa shape index (κ3) is 5.57. The third-order valence-electron chi connectivity index (χ3n) is 5.50. The minimum absolute atomic E-state index is 0.0327. The van der Waals surface area contributed by atoms with E-state index in [1.165, 1.54) is 11.1 Å². The maximum atomic E-state index is 12.3. The van der Waals surface area contributed by atoms with Gasteiger partial charge in [-0.05, 0) is 49.2 Å². The molecule has 0 aliphatic carbocycles. The maximum Gasteiger partial charge on any atom is 0.258 e. The zero-order chi connectivity index (χ0) is 19.9. The molecule has 0 saturated carbocycles. The highest BCUT2D eigenvalue weighted by Crippen LogP contribution is 2.20. The molecule has 1 N–H and O–H groups in total. The minimum atomic E-state index is -0.102. The number of ether oxygens (including phenoxy) is 1. The lowest BCUT2D eigenvalue weighted by Gasteiger charge is -2.32. The Morgan fingerprint density at radius 3 is 2.46 bits per heavy atom. The number of nitrogens with zero attached hydrogens (tertiary/aromatic N) is 2. The Balaban J connectivity index is 1.51. The first-order chi connectivity index (χ1) is 13.5. The topological polar surface area (TPSA) is 44.8 Å². The van der Waals surface area contributed by atoms with Gasteiger partial charge in [-0.2, -0.15) is 0 Å². The van der Waals surface area contributed by atoms with Crippen molar-refractivity contribution in [2.45, 2.75) is 26.9 Å². The molecule has 0 bridgehead atoms. The number of piperazine rings is 1. The van der Waals surface area contributed by atoms with E-state index in [-0.39, 0.29) is 12.5 Å². The van der Waals surface area contributed by atoms with Crippen molar-refractivity contribution in [3.05, 3.63) is 64.7 Å². The van der Waals surface area contributed by atoms with Crippen LogP contribution in [0.5, 0.6) is 5.75 Å². The Morgan fingerprint density at radius 1 is 1.00 bits per heavy atom. The molecule has 0 radical (unpaired) electrons. The summed E-state index contributed by atoms with van der Waals surface area (Å²) in [4.78, 5) is 17.1. The van der Waals surface area contributed by atoms with Gasteiger partial charge < -0.3 is 15.0 Å². The number of nitrogens with one attached hydrogen (secondary N) is 1. The normalized spacial score (nSPS) is 15.4. The molecule has 0 aromatic heterocycles. The molecule has 1 amide bonds. The van der Waals surface area contributed by atoms with Crippen molar-refractivity contribution < 1.29 is 9.53 Å². The van der Waals surface area contributed by atoms with E-state index in [0.29, 0.717) is 6.54 Å². The Labute approximate surface area is 168 Å². The summed E-state index contributed by atoms with van der Waals surface area (Å²) in [7, 11) is 2.17. The first-order valence-electron chi connectivity index (χ1n) is 9.96. The second kappa shape index (κ2) is 9.71. The van der Waals surface area contributed by atoms with E-state index >= 15 is 0 Å². The van der Waals surface area contributed by atoms with Gasteiger partial charge in [0.25, 0.3) is 5.91 Å². The molecular weight excluding hydrogens is 350 g/mol. The number of rotatable bonds is 7. The first-order valence-corrected chi connectivity index (χ1v) is 9.96. The number of carbonyl (C=O) groups excluding carboxylic acids is 1. The van der Waals surface area contributed by atoms with Crippen LogP contribution in [0.15, 0.2) is 42.5 Å². The average molecular weight is 382 g/mol. The third-order valence-corrected chi connectivity index (χ3v) is 5.50. The van der Waals surface area contributed by atoms with Crippen LogP contribution >= 0.6 is 0 Å². The summed E-state index contributed by atoms with van der Waals surface area (Å²) in [6.07, 6.45) is 0. The van der Waals surface area contributed by atoms with Crippen molar-refractivity contribution >= 4 is 5.91 Å². The number of carbonyl (C=O) groups is 1. The largest absolute Gasteiger partial charge is 0.483 e. The molecule has 2 aromatic rings. The SMILES string of the molecule is Cc1cccc(OCC(=O)NCc2ccccc2CN2CCN(C)CC2)c1C. The molecule has 2 aromatic carbocycles. The predicted molar refractivity (Wildman–Crippen MR) is 112 cm³/mol. The van der Waals surface area contributed by atoms with E-state index in [1.807, 2.05) is 38.1 Å². The van der Waals surface area contributed by atoms with E-state index in [2.05, 4.69) is 40.4 Å². The standard InChI is InChI=1S/C23H31N3O2/c1-18-7-6-10-22(19(18)2)28-17-23(27)24-15-20-8-4-5-9-21(20)16-26-13-11-25(3)12-14-26/h4-10H,11-17H2,1-3H3,(H,24,27). The molecule has 1 aliphatic heterocycles. The lowest BCUT2D eigenvalue weighted by atomic mass is 10.1. The van der Waals surface area contributed by atoms with Gasteiger partial charge in [0.05, 0.1) is 0 Å². The molecule has 1 aliphatic rings. The van der Waals surface area contributed by atoms with Gasteiger partial charge >= 0.3 is 0 Å². The highest BCUT2D eigenvalue weighted by Gasteiger charge is 2.15. The number of benzene rings is 2. The fourth-order valence-corrected chi connectivity index (χ4v) is 3.40. The second-order valence-electron chi connectivity index (χ2n) is 7.61. The summed E-state index contributed by atoms with van der Waals surface area (Å²) in [6.45, 7) is 9.92. The second-order valence-corrected chi connectivity index (χ2v) is 7.61. The number of aryl methyl sites for hydroxylation is 1. The molecule has 5 nitrogen and oxygen atoms in total. The molecular formula is C23H31N3O2. The van der Waals surface area contributed by atoms with Crippen LogP contribution in [0.3, 0.4) is 0 Å². The Kier molecular flexibility index (Phi) is 7.06. The summed E-state index contributed by atoms with van der Waals surface area (Å²) in [5.41, 5.74) is 4.69. The number of hydrogen-bond donors (Lipinski definition) is 1. The molecule has 1 saturated heterocycles. The highest BCUT2D eigenvalue weighted by molar-refractivity contribution is 5.77. The molecule has 5 heteroatoms. The van der Waals surface area contributed by atoms with Gasteiger partial charge in [0, 0.05) is 39.3 Å². The maximum absolute atomic E-state index is 12.3. The monoisotopic (exact) mass is 381 g/mol. The zero-order valence-corrected chi connectivity index (χ0v) is 17.2. The lowest BCUT2D eigenvalue weighted by molar-refractivity contribution is -0.123. The number of hydrogen-bond acceptors (Lipinski definition) is 4. The van der Waals surface area contributed by atoms with Gasteiger partial charge in [0.15, 0.2) is 6.61 Å². The molecule has 0 unspecified atom stereocenters. The fraction of sp³-hybridized carbons (Fsp3) is 0.435. The van der Waals surface area contributed by atoms with Crippen molar-refractivity contribution in [3.63, 3.8) is 0 Å². The van der Waals surface area contributed by atoms with Gasteiger partial charge in [-0.1, -0.05) is 36.4 Å². The van der Waals surface area contributed by atoms with Crippen molar-refractivity contribution in [1.82, 2.24) is 15.1 Å². The summed E-state index contributed by atoms with van der Waals surface area (Å²) >= 11 is 0. The predicted octanol–water partition coefficient (Wildman–Crippen LogP) is 2.75. The van der Waals surface area contributed by atoms with E-state index in [9.17, 15) is 4.79 Å². The van der Waals surface area contributed by atoms with Gasteiger partial charge in [0.2, 0.25) is 0 Å². The smallest absolute Gasteiger partial charge is 0.258 e. The summed E-state index contributed by atoms with van der Waals surface area (Å²) in [6, 6.07) is 14.2. The van der Waals surface area contributed by atoms with E-state index in [1.54, 1.807) is 0 Å². The van der Waals surface area contributed by atoms with Crippen LogP contribution in [0.1, 0.15) is 22.3 Å². The average Bonchev–Trinajstić information content (AvgIpc) is 2.70. The van der Waals surface area contributed by atoms with Gasteiger partial charge in [-0.15, -0.1) is 0 Å². The van der Waals surface area contributed by atoms with Crippen molar-refractivity contribution in [1.29, 1.82) is 0 Å². The molecule has 28 heavy (non-hydrogen) atoms. The van der Waals surface area contributed by atoms with Crippen LogP contribution in [0.4, 0.5) is 0 Å². The van der Waals surface area contributed by atoms with Crippen molar-refractivity contribution in [2.75, 3.05) is 39.8 Å². The fourth-order valence-electron chi connectivity index (χ4n) is 3.40. The van der Waals surface area contributed by atoms with Crippen LogP contribution < -0.4 is 10.1 Å². The van der Waals surface area contributed by atoms with Crippen molar-refractivity contribution in [3.8, 4) is 5.75 Å². The summed E-state index contributed by atoms with van der Waals surface area (Å²) < 4.78 is 5.70. The quantitative estimate of drug-likeness (QED) is 0.801. The molecule has 0 atom stereocenters. The van der Waals surface area contributed by atoms with Gasteiger partial charge in [0.1, 0.15) is 5.75 Å². The Hall–Kier alpha value is -2.37. The molecule has 1 heterocycles. The molecule has 150 valence electrons. The van der Waals surface area contributed by atoms with E-state index < -0.39 is 0 Å². The molecule has 0 spiro atoms. The van der Waals surface area contributed by atoms with Gasteiger partial charge in [-0.3, -0.25) is 9.69 Å². The van der Waals surface area contributed by atoms with Gasteiger partial charge in [-0.25, -0.2) is 0 Å². The molecule has 3 rings (SSSR count). The summed E-state index contributed by atoms with van der Waals surface area (Å²) in [5.74, 6) is 0.668. The van der Waals surface area contributed by atoms with E-state index in [0.717, 1.165) is 49.6 Å².